The molecule has 0 amide bonds. The number of rotatable bonds is 7. The molecule has 0 atom stereocenters. The summed E-state index contributed by atoms with van der Waals surface area (Å²) in [4.78, 5) is 9.70. The smallest absolute Gasteiger partial charge is 0.194 e. The largest absolute Gasteiger partial charge is 0.356 e. The number of benzene rings is 1. The first-order valence-corrected chi connectivity index (χ1v) is 10.8. The topological polar surface area (TPSA) is 61.6 Å². The number of unbranched alkanes of at least 4 members (excludes halogenated alkanes) is 1. The van der Waals surface area contributed by atoms with Gasteiger partial charge >= 0.3 is 0 Å². The van der Waals surface area contributed by atoms with E-state index in [1.54, 1.807) is 0 Å². The number of piperazine rings is 1. The van der Waals surface area contributed by atoms with Crippen LogP contribution in [-0.4, -0.2) is 63.2 Å². The lowest BCUT2D eigenvalue weighted by molar-refractivity contribution is 0.172. The van der Waals surface area contributed by atoms with Crippen molar-refractivity contribution in [1.82, 2.24) is 29.9 Å². The Morgan fingerprint density at radius 2 is 1.86 bits per heavy atom. The first-order valence-electron chi connectivity index (χ1n) is 10.4. The van der Waals surface area contributed by atoms with Crippen molar-refractivity contribution in [1.29, 1.82) is 0 Å². The molecule has 1 aliphatic rings. The van der Waals surface area contributed by atoms with Crippen LogP contribution in [0.5, 0.6) is 0 Å². The number of halogens is 1. The van der Waals surface area contributed by atoms with Gasteiger partial charge in [-0.15, -0.1) is 10.2 Å². The van der Waals surface area contributed by atoms with E-state index in [0.717, 1.165) is 74.7 Å². The van der Waals surface area contributed by atoms with Crippen LogP contribution in [-0.2, 0) is 20.1 Å². The summed E-state index contributed by atoms with van der Waals surface area (Å²) in [5.41, 5.74) is 1.30. The van der Waals surface area contributed by atoms with E-state index in [1.807, 2.05) is 30.7 Å². The summed E-state index contributed by atoms with van der Waals surface area (Å²) in [5.74, 6) is 2.77. The van der Waals surface area contributed by atoms with E-state index >= 15 is 0 Å². The van der Waals surface area contributed by atoms with Gasteiger partial charge in [0.1, 0.15) is 12.4 Å². The van der Waals surface area contributed by atoms with Gasteiger partial charge in [-0.1, -0.05) is 37.1 Å². The molecule has 0 aliphatic carbocycles. The normalized spacial score (nSPS) is 15.7. The fraction of sp³-hybridized carbons (Fsp3) is 0.571. The molecule has 8 heteroatoms. The number of nitrogens with one attached hydrogen (secondary N) is 1. The quantitative estimate of drug-likeness (QED) is 0.426. The summed E-state index contributed by atoms with van der Waals surface area (Å²) in [5, 5.41) is 12.7. The third kappa shape index (κ3) is 6.18. The SMILES string of the molecule is CCCCNC(=NCc1nnc(C)n1C)N1CCN(Cc2ccc(Cl)cc2)CC1. The van der Waals surface area contributed by atoms with Crippen LogP contribution in [0.3, 0.4) is 0 Å². The predicted octanol–water partition coefficient (Wildman–Crippen LogP) is 2.84. The number of aryl methyl sites for hydroxylation is 1. The number of aromatic nitrogens is 3. The molecule has 0 bridgehead atoms. The summed E-state index contributed by atoms with van der Waals surface area (Å²) in [7, 11) is 1.99. The van der Waals surface area contributed by atoms with Gasteiger partial charge in [-0.3, -0.25) is 4.90 Å². The van der Waals surface area contributed by atoms with Gasteiger partial charge in [0.15, 0.2) is 11.8 Å². The summed E-state index contributed by atoms with van der Waals surface area (Å²) in [6, 6.07) is 8.14. The molecule has 1 N–H and O–H groups in total. The Kier molecular flexibility index (Phi) is 7.89. The zero-order chi connectivity index (χ0) is 20.6. The van der Waals surface area contributed by atoms with Crippen molar-refractivity contribution in [2.24, 2.45) is 12.0 Å². The van der Waals surface area contributed by atoms with E-state index < -0.39 is 0 Å². The molecule has 158 valence electrons. The molecule has 0 unspecified atom stereocenters. The van der Waals surface area contributed by atoms with Gasteiger partial charge in [0.25, 0.3) is 0 Å². The lowest BCUT2D eigenvalue weighted by Crippen LogP contribution is -2.52. The molecular weight excluding hydrogens is 386 g/mol. The minimum atomic E-state index is 0.538. The number of hydrogen-bond acceptors (Lipinski definition) is 4. The Bertz CT molecular complexity index is 792. The highest BCUT2D eigenvalue weighted by atomic mass is 35.5. The fourth-order valence-electron chi connectivity index (χ4n) is 3.34. The first kappa shape index (κ1) is 21.6. The van der Waals surface area contributed by atoms with Gasteiger partial charge < -0.3 is 14.8 Å². The van der Waals surface area contributed by atoms with E-state index in [2.05, 4.69) is 44.4 Å². The van der Waals surface area contributed by atoms with Crippen LogP contribution in [0.25, 0.3) is 0 Å². The highest BCUT2D eigenvalue weighted by molar-refractivity contribution is 6.30. The summed E-state index contributed by atoms with van der Waals surface area (Å²) < 4.78 is 2.00. The maximum absolute atomic E-state index is 6.00. The second kappa shape index (κ2) is 10.6. The van der Waals surface area contributed by atoms with Crippen LogP contribution in [0.4, 0.5) is 0 Å². The fourth-order valence-corrected chi connectivity index (χ4v) is 3.47. The molecule has 1 aliphatic heterocycles. The van der Waals surface area contributed by atoms with Crippen molar-refractivity contribution < 1.29 is 0 Å². The van der Waals surface area contributed by atoms with Gasteiger partial charge in [0, 0.05) is 51.3 Å². The third-order valence-corrected chi connectivity index (χ3v) is 5.61. The summed E-state index contributed by atoms with van der Waals surface area (Å²) >= 11 is 6.00. The monoisotopic (exact) mass is 417 g/mol. The molecule has 0 saturated carbocycles. The van der Waals surface area contributed by atoms with Crippen molar-refractivity contribution in [2.75, 3.05) is 32.7 Å². The standard InChI is InChI=1S/C21H32ClN7/c1-4-5-10-23-21(24-15-20-26-25-17(2)27(20)3)29-13-11-28(12-14-29)16-18-6-8-19(22)9-7-18/h6-9H,4-5,10-16H2,1-3H3,(H,23,24). The molecule has 29 heavy (non-hydrogen) atoms. The van der Waals surface area contributed by atoms with Crippen molar-refractivity contribution in [3.05, 3.63) is 46.5 Å². The second-order valence-corrected chi connectivity index (χ2v) is 7.97. The van der Waals surface area contributed by atoms with Gasteiger partial charge in [0.05, 0.1) is 0 Å². The number of aliphatic imine (C=N–C) groups is 1. The van der Waals surface area contributed by atoms with Crippen molar-refractivity contribution in [2.45, 2.75) is 39.8 Å². The average Bonchev–Trinajstić information content (AvgIpc) is 3.05. The van der Waals surface area contributed by atoms with E-state index in [9.17, 15) is 0 Å². The number of hydrogen-bond donors (Lipinski definition) is 1. The molecule has 1 saturated heterocycles. The van der Waals surface area contributed by atoms with E-state index in [-0.39, 0.29) is 0 Å². The molecule has 1 fully saturated rings. The molecule has 2 aromatic rings. The minimum Gasteiger partial charge on any atom is -0.356 e. The Balaban J connectivity index is 1.58. The van der Waals surface area contributed by atoms with E-state index in [4.69, 9.17) is 16.6 Å². The predicted molar refractivity (Wildman–Crippen MR) is 118 cm³/mol. The van der Waals surface area contributed by atoms with Crippen molar-refractivity contribution in [3.63, 3.8) is 0 Å². The molecule has 2 heterocycles. The van der Waals surface area contributed by atoms with E-state index in [0.29, 0.717) is 6.54 Å². The maximum Gasteiger partial charge on any atom is 0.194 e. The maximum atomic E-state index is 6.00. The van der Waals surface area contributed by atoms with Crippen molar-refractivity contribution >= 4 is 17.6 Å². The molecular formula is C21H32ClN7. The number of nitrogens with zero attached hydrogens (tertiary/aromatic N) is 6. The highest BCUT2D eigenvalue weighted by Crippen LogP contribution is 2.13. The molecule has 0 radical (unpaired) electrons. The van der Waals surface area contributed by atoms with Gasteiger partial charge in [-0.25, -0.2) is 4.99 Å². The minimum absolute atomic E-state index is 0.538. The summed E-state index contributed by atoms with van der Waals surface area (Å²) in [6.45, 7) is 10.6. The van der Waals surface area contributed by atoms with Gasteiger partial charge in [-0.05, 0) is 31.0 Å². The van der Waals surface area contributed by atoms with Crippen molar-refractivity contribution in [3.8, 4) is 0 Å². The van der Waals surface area contributed by atoms with Crippen LogP contribution < -0.4 is 5.32 Å². The Morgan fingerprint density at radius 3 is 2.48 bits per heavy atom. The zero-order valence-corrected chi connectivity index (χ0v) is 18.5. The first-order chi connectivity index (χ1) is 14.1. The molecule has 0 spiro atoms. The Morgan fingerprint density at radius 1 is 1.14 bits per heavy atom. The van der Waals surface area contributed by atoms with Crippen LogP contribution in [0.15, 0.2) is 29.3 Å². The lowest BCUT2D eigenvalue weighted by Gasteiger charge is -2.36. The highest BCUT2D eigenvalue weighted by Gasteiger charge is 2.20. The number of guanidine groups is 1. The third-order valence-electron chi connectivity index (χ3n) is 5.36. The molecule has 7 nitrogen and oxygen atoms in total. The van der Waals surface area contributed by atoms with Crippen LogP contribution >= 0.6 is 11.6 Å². The van der Waals surface area contributed by atoms with Crippen LogP contribution in [0, 0.1) is 6.92 Å². The lowest BCUT2D eigenvalue weighted by atomic mass is 10.2. The summed E-state index contributed by atoms with van der Waals surface area (Å²) in [6.07, 6.45) is 2.30. The average molecular weight is 418 g/mol. The Labute approximate surface area is 178 Å². The van der Waals surface area contributed by atoms with Gasteiger partial charge in [0.2, 0.25) is 0 Å². The van der Waals surface area contributed by atoms with E-state index in [1.165, 1.54) is 5.56 Å². The zero-order valence-electron chi connectivity index (χ0n) is 17.7. The van der Waals surface area contributed by atoms with Crippen LogP contribution in [0.2, 0.25) is 5.02 Å². The molecule has 1 aromatic carbocycles. The second-order valence-electron chi connectivity index (χ2n) is 7.53. The van der Waals surface area contributed by atoms with Crippen LogP contribution in [0.1, 0.15) is 37.0 Å². The molecule has 3 rings (SSSR count). The molecule has 1 aromatic heterocycles. The Hall–Kier alpha value is -2.12. The van der Waals surface area contributed by atoms with Gasteiger partial charge in [-0.2, -0.15) is 0 Å².